The molecule has 1 atom stereocenters. The molecule has 2 heterocycles. The third kappa shape index (κ3) is 4.90. The van der Waals surface area contributed by atoms with Crippen LogP contribution in [0.1, 0.15) is 46.6 Å². The average molecular weight is 430 g/mol. The maximum Gasteiger partial charge on any atom is 0.260 e. The molecule has 0 aliphatic rings. The van der Waals surface area contributed by atoms with Crippen LogP contribution in [0, 0.1) is 12.8 Å². The van der Waals surface area contributed by atoms with Crippen molar-refractivity contribution >= 4 is 39.2 Å². The van der Waals surface area contributed by atoms with Crippen molar-refractivity contribution in [3.05, 3.63) is 56.2 Å². The summed E-state index contributed by atoms with van der Waals surface area (Å²) in [5, 5.41) is 1.39. The first-order chi connectivity index (χ1) is 13.8. The highest BCUT2D eigenvalue weighted by atomic mass is 32.2. The number of amides is 1. The van der Waals surface area contributed by atoms with E-state index in [1.807, 2.05) is 24.3 Å². The zero-order valence-electron chi connectivity index (χ0n) is 17.5. The minimum Gasteiger partial charge on any atom is -0.345 e. The van der Waals surface area contributed by atoms with Crippen molar-refractivity contribution in [1.82, 2.24) is 14.9 Å². The summed E-state index contributed by atoms with van der Waals surface area (Å²) in [5.74, 6) is 1.21. The second kappa shape index (κ2) is 9.13. The summed E-state index contributed by atoms with van der Waals surface area (Å²) in [5.41, 5.74) is 2.84. The number of nitrogens with zero attached hydrogens (tertiary/aromatic N) is 2. The van der Waals surface area contributed by atoms with E-state index >= 15 is 0 Å². The molecule has 0 spiro atoms. The van der Waals surface area contributed by atoms with E-state index in [1.165, 1.54) is 16.6 Å². The Hall–Kier alpha value is -2.12. The number of aromatic amines is 1. The molecule has 0 aliphatic heterocycles. The van der Waals surface area contributed by atoms with Gasteiger partial charge in [-0.05, 0) is 42.5 Å². The van der Waals surface area contributed by atoms with Crippen LogP contribution in [0.15, 0.2) is 34.2 Å². The molecule has 0 saturated carbocycles. The molecule has 0 saturated heterocycles. The van der Waals surface area contributed by atoms with Crippen LogP contribution in [0.3, 0.4) is 0 Å². The zero-order valence-corrected chi connectivity index (χ0v) is 19.2. The minimum absolute atomic E-state index is 0.0121. The van der Waals surface area contributed by atoms with Gasteiger partial charge in [0.25, 0.3) is 11.5 Å². The molecule has 3 aromatic rings. The molecular weight excluding hydrogens is 402 g/mol. The topological polar surface area (TPSA) is 66.1 Å². The lowest BCUT2D eigenvalue weighted by molar-refractivity contribution is 0.0827. The third-order valence-electron chi connectivity index (χ3n) is 5.07. The highest BCUT2D eigenvalue weighted by molar-refractivity contribution is 7.98. The lowest BCUT2D eigenvalue weighted by atomic mass is 9.98. The van der Waals surface area contributed by atoms with Crippen molar-refractivity contribution in [3.63, 3.8) is 0 Å². The molecule has 5 nitrogen and oxygen atoms in total. The Morgan fingerprint density at radius 2 is 1.97 bits per heavy atom. The predicted molar refractivity (Wildman–Crippen MR) is 122 cm³/mol. The Bertz CT molecular complexity index is 1070. The number of H-pyrrole nitrogens is 1. The molecule has 1 unspecified atom stereocenters. The number of carbonyl (C=O) groups is 1. The molecule has 154 valence electrons. The molecule has 29 heavy (non-hydrogen) atoms. The third-order valence-corrected chi connectivity index (χ3v) is 7.06. The maximum atomic E-state index is 12.8. The van der Waals surface area contributed by atoms with E-state index in [9.17, 15) is 9.59 Å². The molecule has 3 rings (SSSR count). The fourth-order valence-electron chi connectivity index (χ4n) is 3.12. The summed E-state index contributed by atoms with van der Waals surface area (Å²) < 4.78 is 0. The number of rotatable bonds is 7. The van der Waals surface area contributed by atoms with Gasteiger partial charge in [-0.3, -0.25) is 9.59 Å². The number of aromatic nitrogens is 2. The Labute approximate surface area is 179 Å². The van der Waals surface area contributed by atoms with Crippen LogP contribution in [-0.2, 0) is 12.2 Å². The van der Waals surface area contributed by atoms with Crippen LogP contribution in [0.25, 0.3) is 10.2 Å². The summed E-state index contributed by atoms with van der Waals surface area (Å²) >= 11 is 3.10. The van der Waals surface area contributed by atoms with Crippen molar-refractivity contribution in [3.8, 4) is 0 Å². The molecule has 1 N–H and O–H groups in total. The summed E-state index contributed by atoms with van der Waals surface area (Å²) in [6.45, 7) is 6.47. The maximum absolute atomic E-state index is 12.8. The summed E-state index contributed by atoms with van der Waals surface area (Å²) in [6.07, 6.45) is 2.01. The normalized spacial score (nSPS) is 12.3. The predicted octanol–water partition coefficient (Wildman–Crippen LogP) is 4.88. The Morgan fingerprint density at radius 1 is 1.28 bits per heavy atom. The lowest BCUT2D eigenvalue weighted by Crippen LogP contribution is -2.21. The molecule has 0 radical (unpaired) electrons. The first-order valence-corrected chi connectivity index (χ1v) is 11.6. The number of thiophene rings is 1. The van der Waals surface area contributed by atoms with Crippen LogP contribution in [0.2, 0.25) is 0 Å². The lowest BCUT2D eigenvalue weighted by Gasteiger charge is -2.10. The standard InChI is InChI=1S/C22H27N3O2S2/c1-6-13(2)11-17-14(3)29-20-18(17)19(26)23-22(24-20)28-12-15-7-9-16(10-8-15)21(27)25(4)5/h7-10,13H,6,11-12H2,1-5H3,(H,23,24,26). The van der Waals surface area contributed by atoms with Gasteiger partial charge in [-0.1, -0.05) is 44.2 Å². The quantitative estimate of drug-likeness (QED) is 0.430. The van der Waals surface area contributed by atoms with Gasteiger partial charge in [0.05, 0.1) is 5.39 Å². The molecule has 0 bridgehead atoms. The fraction of sp³-hybridized carbons (Fsp3) is 0.409. The van der Waals surface area contributed by atoms with Crippen LogP contribution in [0.4, 0.5) is 0 Å². The van der Waals surface area contributed by atoms with E-state index in [1.54, 1.807) is 30.3 Å². The second-order valence-corrected chi connectivity index (χ2v) is 9.76. The number of hydrogen-bond donors (Lipinski definition) is 1. The van der Waals surface area contributed by atoms with E-state index in [4.69, 9.17) is 4.98 Å². The minimum atomic E-state index is -0.0490. The van der Waals surface area contributed by atoms with Gasteiger partial charge < -0.3 is 9.88 Å². The first kappa shape index (κ1) is 21.6. The van der Waals surface area contributed by atoms with Crippen LogP contribution in [-0.4, -0.2) is 34.9 Å². The monoisotopic (exact) mass is 429 g/mol. The van der Waals surface area contributed by atoms with Gasteiger partial charge in [0.15, 0.2) is 5.16 Å². The Morgan fingerprint density at radius 3 is 2.59 bits per heavy atom. The Kier molecular flexibility index (Phi) is 6.80. The van der Waals surface area contributed by atoms with E-state index in [2.05, 4.69) is 25.8 Å². The van der Waals surface area contributed by atoms with Gasteiger partial charge in [-0.25, -0.2) is 4.98 Å². The number of fused-ring (bicyclic) bond motifs is 1. The smallest absolute Gasteiger partial charge is 0.260 e. The average Bonchev–Trinajstić information content (AvgIpc) is 3.01. The van der Waals surface area contributed by atoms with Gasteiger partial charge in [0.1, 0.15) is 4.83 Å². The van der Waals surface area contributed by atoms with Crippen molar-refractivity contribution in [1.29, 1.82) is 0 Å². The number of thioether (sulfide) groups is 1. The van der Waals surface area contributed by atoms with Crippen molar-refractivity contribution < 1.29 is 4.79 Å². The molecule has 0 fully saturated rings. The second-order valence-electron chi connectivity index (χ2n) is 7.59. The highest BCUT2D eigenvalue weighted by Crippen LogP contribution is 2.31. The number of carbonyl (C=O) groups excluding carboxylic acids is 1. The van der Waals surface area contributed by atoms with Gasteiger partial charge in [0, 0.05) is 30.3 Å². The van der Waals surface area contributed by atoms with Crippen LogP contribution >= 0.6 is 23.1 Å². The van der Waals surface area contributed by atoms with Crippen molar-refractivity contribution in [2.45, 2.75) is 44.5 Å². The van der Waals surface area contributed by atoms with E-state index in [-0.39, 0.29) is 11.5 Å². The number of nitrogens with one attached hydrogen (secondary N) is 1. The molecular formula is C22H27N3O2S2. The first-order valence-electron chi connectivity index (χ1n) is 9.75. The molecule has 2 aromatic heterocycles. The summed E-state index contributed by atoms with van der Waals surface area (Å²) in [4.78, 5) is 36.0. The largest absolute Gasteiger partial charge is 0.345 e. The van der Waals surface area contributed by atoms with Gasteiger partial charge >= 0.3 is 0 Å². The molecule has 0 aliphatic carbocycles. The summed E-state index contributed by atoms with van der Waals surface area (Å²) in [7, 11) is 3.48. The highest BCUT2D eigenvalue weighted by Gasteiger charge is 2.17. The van der Waals surface area contributed by atoms with Crippen molar-refractivity contribution in [2.75, 3.05) is 14.1 Å². The van der Waals surface area contributed by atoms with E-state index in [0.717, 1.165) is 34.2 Å². The number of aryl methyl sites for hydroxylation is 1. The Balaban J connectivity index is 1.78. The number of hydrogen-bond acceptors (Lipinski definition) is 5. The fourth-order valence-corrected chi connectivity index (χ4v) is 5.04. The zero-order chi connectivity index (χ0) is 21.1. The summed E-state index contributed by atoms with van der Waals surface area (Å²) in [6, 6.07) is 7.56. The molecule has 1 aromatic carbocycles. The van der Waals surface area contributed by atoms with Crippen LogP contribution in [0.5, 0.6) is 0 Å². The van der Waals surface area contributed by atoms with Crippen LogP contribution < -0.4 is 5.56 Å². The molecule has 7 heteroatoms. The van der Waals surface area contributed by atoms with Gasteiger partial charge in [0.2, 0.25) is 0 Å². The molecule has 1 amide bonds. The SMILES string of the molecule is CCC(C)Cc1c(C)sc2nc(SCc3ccc(C(=O)N(C)C)cc3)[nH]c(=O)c12. The van der Waals surface area contributed by atoms with Gasteiger partial charge in [-0.15, -0.1) is 11.3 Å². The number of benzene rings is 1. The van der Waals surface area contributed by atoms with Crippen molar-refractivity contribution in [2.24, 2.45) is 5.92 Å². The van der Waals surface area contributed by atoms with Gasteiger partial charge in [-0.2, -0.15) is 0 Å². The van der Waals surface area contributed by atoms with E-state index in [0.29, 0.717) is 22.4 Å². The van der Waals surface area contributed by atoms with E-state index < -0.39 is 0 Å².